The van der Waals surface area contributed by atoms with Gasteiger partial charge in [0.15, 0.2) is 0 Å². The van der Waals surface area contributed by atoms with Crippen molar-refractivity contribution in [2.24, 2.45) is 0 Å². The maximum atomic E-state index is 5.48. The van der Waals surface area contributed by atoms with E-state index in [1.807, 2.05) is 38.2 Å². The standard InChI is InChI=1S/C17H21NO2/c1-4-20-15-10-8-13(9-11-15)17(18-2)14-6-5-7-16(12-14)19-3/h5-12,17-18H,4H2,1-3H3. The van der Waals surface area contributed by atoms with E-state index in [1.54, 1.807) is 7.11 Å². The summed E-state index contributed by atoms with van der Waals surface area (Å²) in [6, 6.07) is 16.4. The minimum absolute atomic E-state index is 0.140. The van der Waals surface area contributed by atoms with Crippen molar-refractivity contribution in [2.45, 2.75) is 13.0 Å². The molecule has 20 heavy (non-hydrogen) atoms. The van der Waals surface area contributed by atoms with E-state index in [0.29, 0.717) is 6.61 Å². The van der Waals surface area contributed by atoms with Crippen LogP contribution in [-0.4, -0.2) is 20.8 Å². The van der Waals surface area contributed by atoms with Crippen LogP contribution in [0.2, 0.25) is 0 Å². The lowest BCUT2D eigenvalue weighted by Gasteiger charge is -2.18. The third-order valence-electron chi connectivity index (χ3n) is 3.24. The van der Waals surface area contributed by atoms with Crippen LogP contribution in [0, 0.1) is 0 Å². The summed E-state index contributed by atoms with van der Waals surface area (Å²) in [5.41, 5.74) is 2.38. The van der Waals surface area contributed by atoms with Gasteiger partial charge in [0.25, 0.3) is 0 Å². The number of hydrogen-bond donors (Lipinski definition) is 1. The highest BCUT2D eigenvalue weighted by Gasteiger charge is 2.12. The van der Waals surface area contributed by atoms with Crippen molar-refractivity contribution in [1.82, 2.24) is 5.32 Å². The average Bonchev–Trinajstić information content (AvgIpc) is 2.50. The van der Waals surface area contributed by atoms with Gasteiger partial charge in [0, 0.05) is 0 Å². The van der Waals surface area contributed by atoms with Crippen LogP contribution in [0.3, 0.4) is 0 Å². The van der Waals surface area contributed by atoms with Gasteiger partial charge in [-0.25, -0.2) is 0 Å². The molecule has 1 N–H and O–H groups in total. The highest BCUT2D eigenvalue weighted by molar-refractivity contribution is 5.38. The minimum atomic E-state index is 0.140. The first kappa shape index (κ1) is 14.4. The monoisotopic (exact) mass is 271 g/mol. The summed E-state index contributed by atoms with van der Waals surface area (Å²) in [7, 11) is 3.64. The zero-order valence-corrected chi connectivity index (χ0v) is 12.2. The van der Waals surface area contributed by atoms with Crippen LogP contribution < -0.4 is 14.8 Å². The highest BCUT2D eigenvalue weighted by atomic mass is 16.5. The van der Waals surface area contributed by atoms with E-state index < -0.39 is 0 Å². The Morgan fingerprint density at radius 3 is 2.35 bits per heavy atom. The van der Waals surface area contributed by atoms with E-state index in [0.717, 1.165) is 11.5 Å². The lowest BCUT2D eigenvalue weighted by atomic mass is 9.98. The van der Waals surface area contributed by atoms with Gasteiger partial charge in [0.05, 0.1) is 19.8 Å². The van der Waals surface area contributed by atoms with E-state index >= 15 is 0 Å². The first-order valence-electron chi connectivity index (χ1n) is 6.82. The van der Waals surface area contributed by atoms with Gasteiger partial charge in [0.2, 0.25) is 0 Å². The van der Waals surface area contributed by atoms with Crippen molar-refractivity contribution >= 4 is 0 Å². The van der Waals surface area contributed by atoms with Gasteiger partial charge in [-0.3, -0.25) is 0 Å². The first-order chi connectivity index (χ1) is 9.78. The molecule has 2 rings (SSSR count). The molecule has 0 radical (unpaired) electrons. The molecule has 0 spiro atoms. The molecule has 0 fully saturated rings. The summed E-state index contributed by atoms with van der Waals surface area (Å²) < 4.78 is 10.8. The fraction of sp³-hybridized carbons (Fsp3) is 0.294. The van der Waals surface area contributed by atoms with E-state index in [-0.39, 0.29) is 6.04 Å². The molecule has 0 aliphatic heterocycles. The SMILES string of the molecule is CCOc1ccc(C(NC)c2cccc(OC)c2)cc1. The van der Waals surface area contributed by atoms with E-state index in [4.69, 9.17) is 9.47 Å². The summed E-state index contributed by atoms with van der Waals surface area (Å²) in [5, 5.41) is 3.34. The van der Waals surface area contributed by atoms with Gasteiger partial charge >= 0.3 is 0 Å². The highest BCUT2D eigenvalue weighted by Crippen LogP contribution is 2.26. The normalized spacial score (nSPS) is 11.9. The topological polar surface area (TPSA) is 30.5 Å². The predicted octanol–water partition coefficient (Wildman–Crippen LogP) is 3.40. The zero-order chi connectivity index (χ0) is 14.4. The number of nitrogens with one attached hydrogen (secondary N) is 1. The number of benzene rings is 2. The smallest absolute Gasteiger partial charge is 0.119 e. The van der Waals surface area contributed by atoms with Crippen LogP contribution in [0.15, 0.2) is 48.5 Å². The second kappa shape index (κ2) is 6.96. The summed E-state index contributed by atoms with van der Waals surface area (Å²) in [4.78, 5) is 0. The lowest BCUT2D eigenvalue weighted by molar-refractivity contribution is 0.340. The minimum Gasteiger partial charge on any atom is -0.497 e. The molecule has 0 saturated carbocycles. The molecule has 0 amide bonds. The third kappa shape index (κ3) is 3.31. The summed E-state index contributed by atoms with van der Waals surface area (Å²) in [6.45, 7) is 2.67. The quantitative estimate of drug-likeness (QED) is 0.873. The molecule has 0 bridgehead atoms. The second-order valence-corrected chi connectivity index (χ2v) is 4.50. The van der Waals surface area contributed by atoms with Crippen molar-refractivity contribution in [1.29, 1.82) is 0 Å². The maximum Gasteiger partial charge on any atom is 0.119 e. The lowest BCUT2D eigenvalue weighted by Crippen LogP contribution is -2.17. The molecule has 106 valence electrons. The Bertz CT molecular complexity index is 537. The fourth-order valence-corrected chi connectivity index (χ4v) is 2.27. The molecular formula is C17H21NO2. The predicted molar refractivity (Wildman–Crippen MR) is 81.5 cm³/mol. The molecule has 0 heterocycles. The zero-order valence-electron chi connectivity index (χ0n) is 12.2. The molecule has 3 nitrogen and oxygen atoms in total. The van der Waals surface area contributed by atoms with Crippen molar-refractivity contribution in [3.63, 3.8) is 0 Å². The molecule has 2 aromatic carbocycles. The van der Waals surface area contributed by atoms with Gasteiger partial charge in [-0.2, -0.15) is 0 Å². The average molecular weight is 271 g/mol. The second-order valence-electron chi connectivity index (χ2n) is 4.50. The Morgan fingerprint density at radius 1 is 1.00 bits per heavy atom. The summed E-state index contributed by atoms with van der Waals surface area (Å²) in [5.74, 6) is 1.77. The molecule has 1 atom stereocenters. The van der Waals surface area contributed by atoms with Gasteiger partial charge in [0.1, 0.15) is 11.5 Å². The van der Waals surface area contributed by atoms with Crippen LogP contribution in [0.25, 0.3) is 0 Å². The molecule has 0 aromatic heterocycles. The van der Waals surface area contributed by atoms with Crippen LogP contribution in [0.5, 0.6) is 11.5 Å². The number of ether oxygens (including phenoxy) is 2. The van der Waals surface area contributed by atoms with E-state index in [1.165, 1.54) is 11.1 Å². The number of methoxy groups -OCH3 is 1. The first-order valence-corrected chi connectivity index (χ1v) is 6.82. The van der Waals surface area contributed by atoms with Crippen LogP contribution in [0.1, 0.15) is 24.1 Å². The molecule has 0 aliphatic carbocycles. The Morgan fingerprint density at radius 2 is 1.75 bits per heavy atom. The Kier molecular flexibility index (Phi) is 5.02. The molecule has 0 saturated heterocycles. The van der Waals surface area contributed by atoms with E-state index in [9.17, 15) is 0 Å². The molecular weight excluding hydrogens is 250 g/mol. The Hall–Kier alpha value is -2.00. The van der Waals surface area contributed by atoms with Crippen LogP contribution in [-0.2, 0) is 0 Å². The van der Waals surface area contributed by atoms with Gasteiger partial charge in [-0.15, -0.1) is 0 Å². The largest absolute Gasteiger partial charge is 0.497 e. The van der Waals surface area contributed by atoms with Crippen molar-refractivity contribution in [3.8, 4) is 11.5 Å². The van der Waals surface area contributed by atoms with E-state index in [2.05, 4.69) is 29.6 Å². The van der Waals surface area contributed by atoms with Gasteiger partial charge in [-0.1, -0.05) is 24.3 Å². The van der Waals surface area contributed by atoms with Crippen molar-refractivity contribution < 1.29 is 9.47 Å². The summed E-state index contributed by atoms with van der Waals surface area (Å²) in [6.07, 6.45) is 0. The number of rotatable bonds is 6. The van der Waals surface area contributed by atoms with Gasteiger partial charge < -0.3 is 14.8 Å². The Balaban J connectivity index is 2.26. The van der Waals surface area contributed by atoms with Crippen molar-refractivity contribution in [2.75, 3.05) is 20.8 Å². The molecule has 2 aromatic rings. The molecule has 1 unspecified atom stereocenters. The maximum absolute atomic E-state index is 5.48. The number of hydrogen-bond acceptors (Lipinski definition) is 3. The molecule has 0 aliphatic rings. The van der Waals surface area contributed by atoms with Crippen LogP contribution >= 0.6 is 0 Å². The summed E-state index contributed by atoms with van der Waals surface area (Å²) >= 11 is 0. The third-order valence-corrected chi connectivity index (χ3v) is 3.24. The van der Waals surface area contributed by atoms with Gasteiger partial charge in [-0.05, 0) is 49.4 Å². The fourth-order valence-electron chi connectivity index (χ4n) is 2.27. The molecule has 3 heteroatoms. The van der Waals surface area contributed by atoms with Crippen LogP contribution in [0.4, 0.5) is 0 Å². The van der Waals surface area contributed by atoms with Crippen molar-refractivity contribution in [3.05, 3.63) is 59.7 Å². The Labute approximate surface area is 120 Å².